The smallest absolute Gasteiger partial charge is 0.0786 e. The maximum atomic E-state index is 6.45. The third-order valence-corrected chi connectivity index (χ3v) is 5.78. The van der Waals surface area contributed by atoms with Gasteiger partial charge in [0, 0.05) is 33.0 Å². The van der Waals surface area contributed by atoms with Crippen LogP contribution in [0.2, 0.25) is 0 Å². The molecule has 3 rings (SSSR count). The number of nitrogens with zero attached hydrogens (tertiary/aromatic N) is 1. The minimum Gasteiger partial charge on any atom is -0.362 e. The van der Waals surface area contributed by atoms with E-state index >= 15 is 0 Å². The Hall–Kier alpha value is -0.840. The van der Waals surface area contributed by atoms with Gasteiger partial charge < -0.3 is 10.6 Å². The zero-order chi connectivity index (χ0) is 14.1. The van der Waals surface area contributed by atoms with E-state index in [4.69, 9.17) is 5.73 Å². The van der Waals surface area contributed by atoms with Crippen molar-refractivity contribution in [3.05, 3.63) is 50.6 Å². The predicted octanol–water partition coefficient (Wildman–Crippen LogP) is 4.35. The lowest BCUT2D eigenvalue weighted by Gasteiger charge is -2.33. The summed E-state index contributed by atoms with van der Waals surface area (Å²) in [5, 5.41) is 2.15. The molecule has 1 aliphatic heterocycles. The van der Waals surface area contributed by atoms with Crippen LogP contribution in [0.3, 0.4) is 0 Å². The Bertz CT molecular complexity index is 596. The zero-order valence-electron chi connectivity index (χ0n) is 11.6. The summed E-state index contributed by atoms with van der Waals surface area (Å²) in [6.07, 6.45) is 2.11. The first-order chi connectivity index (χ1) is 9.70. The first kappa shape index (κ1) is 14.1. The summed E-state index contributed by atoms with van der Waals surface area (Å²) in [7, 11) is 0. The lowest BCUT2D eigenvalue weighted by Crippen LogP contribution is -2.39. The normalized spacial score (nSPS) is 17.1. The van der Waals surface area contributed by atoms with Crippen LogP contribution >= 0.6 is 27.3 Å². The molecule has 0 amide bonds. The fraction of sp³-hybridized carbons (Fsp3) is 0.375. The molecule has 1 aliphatic rings. The highest BCUT2D eigenvalue weighted by atomic mass is 79.9. The minimum atomic E-state index is 0.159. The SMILES string of the molecule is CCC(N)C(c1cc(Br)cs1)N1CCc2ccccc21. The molecule has 0 aliphatic carbocycles. The van der Waals surface area contributed by atoms with Crippen molar-refractivity contribution in [1.29, 1.82) is 0 Å². The first-order valence-corrected chi connectivity index (χ1v) is 8.72. The van der Waals surface area contributed by atoms with E-state index in [1.165, 1.54) is 16.1 Å². The van der Waals surface area contributed by atoms with Gasteiger partial charge in [0.2, 0.25) is 0 Å². The highest BCUT2D eigenvalue weighted by Gasteiger charge is 2.31. The lowest BCUT2D eigenvalue weighted by molar-refractivity contribution is 0.504. The van der Waals surface area contributed by atoms with Gasteiger partial charge in [-0.05, 0) is 46.5 Å². The number of thiophene rings is 1. The monoisotopic (exact) mass is 350 g/mol. The summed E-state index contributed by atoms with van der Waals surface area (Å²) >= 11 is 5.36. The van der Waals surface area contributed by atoms with Crippen LogP contribution in [-0.4, -0.2) is 12.6 Å². The first-order valence-electron chi connectivity index (χ1n) is 7.04. The van der Waals surface area contributed by atoms with Crippen LogP contribution in [0.4, 0.5) is 5.69 Å². The van der Waals surface area contributed by atoms with Gasteiger partial charge in [0.1, 0.15) is 0 Å². The van der Waals surface area contributed by atoms with Gasteiger partial charge in [0.15, 0.2) is 0 Å². The molecular formula is C16H19BrN2S. The molecule has 106 valence electrons. The predicted molar refractivity (Wildman–Crippen MR) is 90.5 cm³/mol. The van der Waals surface area contributed by atoms with E-state index in [1.54, 1.807) is 11.3 Å². The Balaban J connectivity index is 1.99. The molecule has 0 saturated heterocycles. The molecule has 0 bridgehead atoms. The Labute approximate surface area is 132 Å². The zero-order valence-corrected chi connectivity index (χ0v) is 14.0. The third kappa shape index (κ3) is 2.52. The summed E-state index contributed by atoms with van der Waals surface area (Å²) in [5.41, 5.74) is 9.24. The molecule has 2 heterocycles. The van der Waals surface area contributed by atoms with E-state index in [9.17, 15) is 0 Å². The molecule has 2 aromatic rings. The largest absolute Gasteiger partial charge is 0.362 e. The van der Waals surface area contributed by atoms with Crippen molar-refractivity contribution in [2.45, 2.75) is 31.8 Å². The number of para-hydroxylation sites is 1. The van der Waals surface area contributed by atoms with Crippen LogP contribution in [0.15, 0.2) is 40.2 Å². The summed E-state index contributed by atoms with van der Waals surface area (Å²) in [5.74, 6) is 0. The van der Waals surface area contributed by atoms with E-state index < -0.39 is 0 Å². The van der Waals surface area contributed by atoms with Gasteiger partial charge in [-0.1, -0.05) is 25.1 Å². The molecule has 2 unspecified atom stereocenters. The standard InChI is InChI=1S/C16H19BrN2S/c1-2-13(18)16(15-9-12(17)10-20-15)19-8-7-11-5-3-4-6-14(11)19/h3-6,9-10,13,16H,2,7-8,18H2,1H3. The van der Waals surface area contributed by atoms with Crippen LogP contribution in [-0.2, 0) is 6.42 Å². The molecule has 2 atom stereocenters. The number of halogens is 1. The van der Waals surface area contributed by atoms with Gasteiger partial charge in [-0.3, -0.25) is 0 Å². The second-order valence-electron chi connectivity index (χ2n) is 5.26. The average Bonchev–Trinajstić information content (AvgIpc) is 3.07. The number of rotatable bonds is 4. The summed E-state index contributed by atoms with van der Waals surface area (Å²) in [4.78, 5) is 3.84. The van der Waals surface area contributed by atoms with E-state index in [1.807, 2.05) is 0 Å². The summed E-state index contributed by atoms with van der Waals surface area (Å²) in [6, 6.07) is 11.3. The number of hydrogen-bond donors (Lipinski definition) is 1. The molecule has 0 fully saturated rings. The highest BCUT2D eigenvalue weighted by Crippen LogP contribution is 2.39. The second-order valence-corrected chi connectivity index (χ2v) is 7.11. The topological polar surface area (TPSA) is 29.3 Å². The number of anilines is 1. The Morgan fingerprint density at radius 2 is 2.20 bits per heavy atom. The van der Waals surface area contributed by atoms with Crippen LogP contribution < -0.4 is 10.6 Å². The molecule has 20 heavy (non-hydrogen) atoms. The molecular weight excluding hydrogens is 332 g/mol. The van der Waals surface area contributed by atoms with Crippen LogP contribution in [0.25, 0.3) is 0 Å². The number of hydrogen-bond acceptors (Lipinski definition) is 3. The molecule has 0 spiro atoms. The Kier molecular flexibility index (Phi) is 4.15. The van der Waals surface area contributed by atoms with Gasteiger partial charge in [-0.2, -0.15) is 0 Å². The quantitative estimate of drug-likeness (QED) is 0.887. The maximum absolute atomic E-state index is 6.45. The van der Waals surface area contributed by atoms with Crippen LogP contribution in [0.1, 0.15) is 29.8 Å². The minimum absolute atomic E-state index is 0.159. The van der Waals surface area contributed by atoms with Gasteiger partial charge in [-0.25, -0.2) is 0 Å². The van der Waals surface area contributed by atoms with Crippen molar-refractivity contribution < 1.29 is 0 Å². The van der Waals surface area contributed by atoms with Crippen molar-refractivity contribution in [2.75, 3.05) is 11.4 Å². The fourth-order valence-electron chi connectivity index (χ4n) is 2.96. The van der Waals surface area contributed by atoms with Crippen LogP contribution in [0, 0.1) is 0 Å². The maximum Gasteiger partial charge on any atom is 0.0786 e. The summed E-state index contributed by atoms with van der Waals surface area (Å²) < 4.78 is 1.15. The van der Waals surface area contributed by atoms with Crippen molar-refractivity contribution in [3.8, 4) is 0 Å². The molecule has 0 radical (unpaired) electrons. The molecule has 1 aromatic carbocycles. The average molecular weight is 351 g/mol. The third-order valence-electron chi connectivity index (χ3n) is 4.02. The van der Waals surface area contributed by atoms with E-state index in [-0.39, 0.29) is 12.1 Å². The van der Waals surface area contributed by atoms with Crippen molar-refractivity contribution in [2.24, 2.45) is 5.73 Å². The molecule has 2 nitrogen and oxygen atoms in total. The van der Waals surface area contributed by atoms with Gasteiger partial charge in [0.05, 0.1) is 6.04 Å². The second kappa shape index (κ2) is 5.88. The fourth-order valence-corrected chi connectivity index (χ4v) is 4.59. The van der Waals surface area contributed by atoms with Gasteiger partial charge in [0.25, 0.3) is 0 Å². The Morgan fingerprint density at radius 1 is 1.40 bits per heavy atom. The highest BCUT2D eigenvalue weighted by molar-refractivity contribution is 9.10. The molecule has 0 saturated carbocycles. The van der Waals surface area contributed by atoms with Crippen molar-refractivity contribution >= 4 is 33.0 Å². The number of benzene rings is 1. The number of nitrogens with two attached hydrogens (primary N) is 1. The molecule has 2 N–H and O–H groups in total. The Morgan fingerprint density at radius 3 is 2.90 bits per heavy atom. The summed E-state index contributed by atoms with van der Waals surface area (Å²) in [6.45, 7) is 3.23. The lowest BCUT2D eigenvalue weighted by atomic mass is 10.0. The van der Waals surface area contributed by atoms with Gasteiger partial charge in [-0.15, -0.1) is 11.3 Å². The van der Waals surface area contributed by atoms with E-state index in [0.29, 0.717) is 0 Å². The van der Waals surface area contributed by atoms with Crippen molar-refractivity contribution in [1.82, 2.24) is 0 Å². The van der Waals surface area contributed by atoms with E-state index in [0.717, 1.165) is 23.9 Å². The number of fused-ring (bicyclic) bond motifs is 1. The molecule has 1 aromatic heterocycles. The van der Waals surface area contributed by atoms with Crippen LogP contribution in [0.5, 0.6) is 0 Å². The van der Waals surface area contributed by atoms with Crippen molar-refractivity contribution in [3.63, 3.8) is 0 Å². The van der Waals surface area contributed by atoms with Gasteiger partial charge >= 0.3 is 0 Å². The van der Waals surface area contributed by atoms with E-state index in [2.05, 4.69) is 63.5 Å². The molecule has 4 heteroatoms.